The van der Waals surface area contributed by atoms with Crippen molar-refractivity contribution in [3.63, 3.8) is 0 Å². The van der Waals surface area contributed by atoms with Gasteiger partial charge in [0.2, 0.25) is 10.0 Å². The lowest BCUT2D eigenvalue weighted by molar-refractivity contribution is 0.581. The lowest BCUT2D eigenvalue weighted by Crippen LogP contribution is -2.26. The molecule has 0 aliphatic heterocycles. The summed E-state index contributed by atoms with van der Waals surface area (Å²) in [5.74, 6) is 0. The predicted molar refractivity (Wildman–Crippen MR) is 96.1 cm³/mol. The first-order chi connectivity index (χ1) is 11.0. The van der Waals surface area contributed by atoms with E-state index in [2.05, 4.69) is 25.6 Å². The first-order valence-electron chi connectivity index (χ1n) is 7.28. The van der Waals surface area contributed by atoms with Gasteiger partial charge in [-0.15, -0.1) is 0 Å². The molecule has 23 heavy (non-hydrogen) atoms. The smallest absolute Gasteiger partial charge is 0.240 e. The van der Waals surface area contributed by atoms with E-state index in [1.54, 1.807) is 25.1 Å². The van der Waals surface area contributed by atoms with Gasteiger partial charge in [-0.25, -0.2) is 13.1 Å². The van der Waals surface area contributed by atoms with E-state index < -0.39 is 10.0 Å². The van der Waals surface area contributed by atoms with Crippen LogP contribution in [0.25, 0.3) is 10.9 Å². The summed E-state index contributed by atoms with van der Waals surface area (Å²) >= 11 is 3.35. The summed E-state index contributed by atoms with van der Waals surface area (Å²) in [6, 6.07) is 13.2. The molecule has 0 saturated carbocycles. The summed E-state index contributed by atoms with van der Waals surface area (Å²) in [5, 5.41) is 1.13. The zero-order valence-corrected chi connectivity index (χ0v) is 15.0. The lowest BCUT2D eigenvalue weighted by Gasteiger charge is -2.09. The molecular weight excluding hydrogens is 376 g/mol. The van der Waals surface area contributed by atoms with Crippen molar-refractivity contribution < 1.29 is 8.42 Å². The van der Waals surface area contributed by atoms with Crippen LogP contribution in [0.2, 0.25) is 0 Å². The molecule has 1 aromatic heterocycles. The normalized spacial score (nSPS) is 11.9. The van der Waals surface area contributed by atoms with E-state index >= 15 is 0 Å². The maximum atomic E-state index is 12.4. The second-order valence-corrected chi connectivity index (χ2v) is 8.07. The Hall–Kier alpha value is -1.63. The molecule has 0 atom stereocenters. The quantitative estimate of drug-likeness (QED) is 0.694. The number of para-hydroxylation sites is 1. The standard InChI is InChI=1S/C17H17BrN2O2S/c1-12-10-14(18)6-7-17(12)23(21,22)20-9-8-13-11-19-16-5-3-2-4-15(13)16/h2-7,10-11,19-20H,8-9H2,1H3. The lowest BCUT2D eigenvalue weighted by atomic mass is 10.1. The molecule has 0 amide bonds. The van der Waals surface area contributed by atoms with Crippen LogP contribution in [0.15, 0.2) is 58.0 Å². The Bertz CT molecular complexity index is 948. The van der Waals surface area contributed by atoms with Crippen LogP contribution in [0.4, 0.5) is 0 Å². The highest BCUT2D eigenvalue weighted by Gasteiger charge is 2.16. The first-order valence-corrected chi connectivity index (χ1v) is 9.56. The van der Waals surface area contributed by atoms with Crippen molar-refractivity contribution in [2.45, 2.75) is 18.2 Å². The number of hydrogen-bond donors (Lipinski definition) is 2. The molecule has 3 aromatic rings. The molecule has 2 N–H and O–H groups in total. The zero-order valence-electron chi connectivity index (χ0n) is 12.6. The van der Waals surface area contributed by atoms with Gasteiger partial charge in [-0.1, -0.05) is 34.1 Å². The molecule has 0 radical (unpaired) electrons. The molecule has 0 aliphatic rings. The van der Waals surface area contributed by atoms with E-state index in [1.807, 2.05) is 30.5 Å². The van der Waals surface area contributed by atoms with Crippen LogP contribution in [0.1, 0.15) is 11.1 Å². The summed E-state index contributed by atoms with van der Waals surface area (Å²) in [6.45, 7) is 2.15. The van der Waals surface area contributed by atoms with Crippen LogP contribution in [0.5, 0.6) is 0 Å². The largest absolute Gasteiger partial charge is 0.361 e. The van der Waals surface area contributed by atoms with Gasteiger partial charge in [-0.2, -0.15) is 0 Å². The van der Waals surface area contributed by atoms with E-state index in [-0.39, 0.29) is 0 Å². The van der Waals surface area contributed by atoms with Gasteiger partial charge in [0.25, 0.3) is 0 Å². The Morgan fingerprint density at radius 3 is 2.74 bits per heavy atom. The van der Waals surface area contributed by atoms with Crippen LogP contribution in [0, 0.1) is 6.92 Å². The topological polar surface area (TPSA) is 62.0 Å². The van der Waals surface area contributed by atoms with E-state index in [0.717, 1.165) is 26.5 Å². The highest BCUT2D eigenvalue weighted by atomic mass is 79.9. The Labute approximate surface area is 144 Å². The zero-order chi connectivity index (χ0) is 16.4. The van der Waals surface area contributed by atoms with Crippen molar-refractivity contribution in [1.82, 2.24) is 9.71 Å². The molecule has 0 unspecified atom stereocenters. The van der Waals surface area contributed by atoms with Crippen LogP contribution in [-0.4, -0.2) is 19.9 Å². The Morgan fingerprint density at radius 2 is 1.96 bits per heavy atom. The molecule has 0 fully saturated rings. The Kier molecular flexibility index (Phi) is 4.57. The van der Waals surface area contributed by atoms with Gasteiger partial charge in [-0.05, 0) is 48.7 Å². The summed E-state index contributed by atoms with van der Waals surface area (Å²) in [7, 11) is -3.50. The van der Waals surface area contributed by atoms with Gasteiger partial charge in [0.05, 0.1) is 4.90 Å². The molecule has 1 heterocycles. The molecule has 0 aliphatic carbocycles. The molecule has 2 aromatic carbocycles. The third kappa shape index (κ3) is 3.49. The first kappa shape index (κ1) is 16.2. The minimum Gasteiger partial charge on any atom is -0.361 e. The van der Waals surface area contributed by atoms with Crippen molar-refractivity contribution in [2.24, 2.45) is 0 Å². The van der Waals surface area contributed by atoms with Crippen LogP contribution < -0.4 is 4.72 Å². The maximum Gasteiger partial charge on any atom is 0.240 e. The highest BCUT2D eigenvalue weighted by Crippen LogP contribution is 2.21. The summed E-state index contributed by atoms with van der Waals surface area (Å²) < 4.78 is 28.4. The van der Waals surface area contributed by atoms with Crippen molar-refractivity contribution in [3.8, 4) is 0 Å². The van der Waals surface area contributed by atoms with Crippen molar-refractivity contribution in [2.75, 3.05) is 6.54 Å². The highest BCUT2D eigenvalue weighted by molar-refractivity contribution is 9.10. The number of hydrogen-bond acceptors (Lipinski definition) is 2. The average Bonchev–Trinajstić information content (AvgIpc) is 2.90. The molecular formula is C17H17BrN2O2S. The molecule has 0 bridgehead atoms. The number of aromatic nitrogens is 1. The fraction of sp³-hybridized carbons (Fsp3) is 0.176. The van der Waals surface area contributed by atoms with Crippen LogP contribution >= 0.6 is 15.9 Å². The molecule has 0 saturated heterocycles. The van der Waals surface area contributed by atoms with Gasteiger partial charge in [0, 0.05) is 28.1 Å². The van der Waals surface area contributed by atoms with Gasteiger partial charge in [-0.3, -0.25) is 0 Å². The number of halogens is 1. The fourth-order valence-corrected chi connectivity index (χ4v) is 4.38. The van der Waals surface area contributed by atoms with Gasteiger partial charge in [0.1, 0.15) is 0 Å². The number of H-pyrrole nitrogens is 1. The number of aryl methyl sites for hydroxylation is 1. The SMILES string of the molecule is Cc1cc(Br)ccc1S(=O)(=O)NCCc1c[nH]c2ccccc12. The van der Waals surface area contributed by atoms with Gasteiger partial charge < -0.3 is 4.98 Å². The van der Waals surface area contributed by atoms with E-state index in [1.165, 1.54) is 0 Å². The number of aromatic amines is 1. The Morgan fingerprint density at radius 1 is 1.17 bits per heavy atom. The third-order valence-corrected chi connectivity index (χ3v) is 5.90. The monoisotopic (exact) mass is 392 g/mol. The molecule has 4 nitrogen and oxygen atoms in total. The van der Waals surface area contributed by atoms with Crippen molar-refractivity contribution >= 4 is 36.9 Å². The van der Waals surface area contributed by atoms with Crippen molar-refractivity contribution in [3.05, 3.63) is 64.3 Å². The van der Waals surface area contributed by atoms with Crippen LogP contribution in [0.3, 0.4) is 0 Å². The molecule has 6 heteroatoms. The predicted octanol–water partition coefficient (Wildman–Crippen LogP) is 3.76. The Balaban J connectivity index is 1.72. The third-order valence-electron chi connectivity index (χ3n) is 3.79. The number of sulfonamides is 1. The summed E-state index contributed by atoms with van der Waals surface area (Å²) in [4.78, 5) is 3.52. The van der Waals surface area contributed by atoms with E-state index in [0.29, 0.717) is 17.9 Å². The second-order valence-electron chi connectivity index (χ2n) is 5.42. The van der Waals surface area contributed by atoms with Gasteiger partial charge >= 0.3 is 0 Å². The number of fused-ring (bicyclic) bond motifs is 1. The molecule has 3 rings (SSSR count). The summed E-state index contributed by atoms with van der Waals surface area (Å²) in [5.41, 5.74) is 2.89. The molecule has 120 valence electrons. The number of benzene rings is 2. The van der Waals surface area contributed by atoms with Gasteiger partial charge in [0.15, 0.2) is 0 Å². The average molecular weight is 393 g/mol. The number of rotatable bonds is 5. The van der Waals surface area contributed by atoms with E-state index in [9.17, 15) is 8.42 Å². The second kappa shape index (κ2) is 6.47. The molecule has 0 spiro atoms. The fourth-order valence-electron chi connectivity index (χ4n) is 2.65. The minimum atomic E-state index is -3.50. The minimum absolute atomic E-state index is 0.319. The summed E-state index contributed by atoms with van der Waals surface area (Å²) in [6.07, 6.45) is 2.57. The number of nitrogens with one attached hydrogen (secondary N) is 2. The maximum absolute atomic E-state index is 12.4. The van der Waals surface area contributed by atoms with E-state index in [4.69, 9.17) is 0 Å². The van der Waals surface area contributed by atoms with Crippen molar-refractivity contribution in [1.29, 1.82) is 0 Å². The van der Waals surface area contributed by atoms with Crippen LogP contribution in [-0.2, 0) is 16.4 Å².